The van der Waals surface area contributed by atoms with E-state index in [2.05, 4.69) is 5.32 Å². The van der Waals surface area contributed by atoms with Gasteiger partial charge in [-0.1, -0.05) is 40.0 Å². The Morgan fingerprint density at radius 2 is 1.88 bits per heavy atom. The molecule has 1 fully saturated rings. The van der Waals surface area contributed by atoms with Crippen molar-refractivity contribution in [2.75, 3.05) is 6.61 Å². The number of aliphatic hydroxyl groups is 1. The summed E-state index contributed by atoms with van der Waals surface area (Å²) in [6, 6.07) is 0.331. The zero-order valence-corrected chi connectivity index (χ0v) is 10.8. The lowest BCUT2D eigenvalue weighted by Crippen LogP contribution is -2.45. The van der Waals surface area contributed by atoms with Crippen molar-refractivity contribution >= 4 is 5.91 Å². The van der Waals surface area contributed by atoms with Gasteiger partial charge in [-0.3, -0.25) is 4.79 Å². The van der Waals surface area contributed by atoms with Crippen molar-refractivity contribution in [3.05, 3.63) is 0 Å². The summed E-state index contributed by atoms with van der Waals surface area (Å²) in [5, 5.41) is 12.4. The molecule has 3 nitrogen and oxygen atoms in total. The molecule has 1 aliphatic rings. The third kappa shape index (κ3) is 3.78. The zero-order chi connectivity index (χ0) is 12.2. The quantitative estimate of drug-likeness (QED) is 0.775. The van der Waals surface area contributed by atoms with Gasteiger partial charge in [0, 0.05) is 6.04 Å². The van der Waals surface area contributed by atoms with Crippen molar-refractivity contribution in [1.29, 1.82) is 0 Å². The molecule has 1 rings (SSSR count). The molecule has 0 heterocycles. The van der Waals surface area contributed by atoms with Gasteiger partial charge in [0.1, 0.15) is 0 Å². The molecule has 0 radical (unpaired) electrons. The number of hydrogen-bond donors (Lipinski definition) is 2. The lowest BCUT2D eigenvalue weighted by atomic mass is 9.80. The van der Waals surface area contributed by atoms with Gasteiger partial charge in [0.15, 0.2) is 0 Å². The minimum absolute atomic E-state index is 0.0156. The van der Waals surface area contributed by atoms with Crippen LogP contribution in [0.5, 0.6) is 0 Å². The second kappa shape index (κ2) is 5.67. The van der Waals surface area contributed by atoms with Crippen molar-refractivity contribution in [3.8, 4) is 0 Å². The summed E-state index contributed by atoms with van der Waals surface area (Å²) >= 11 is 0. The molecule has 94 valence electrons. The van der Waals surface area contributed by atoms with Gasteiger partial charge in [-0.15, -0.1) is 0 Å². The molecule has 2 N–H and O–H groups in total. The van der Waals surface area contributed by atoms with Gasteiger partial charge in [-0.25, -0.2) is 0 Å². The normalized spacial score (nSPS) is 20.5. The van der Waals surface area contributed by atoms with E-state index in [4.69, 9.17) is 0 Å². The van der Waals surface area contributed by atoms with Crippen LogP contribution in [0.2, 0.25) is 0 Å². The summed E-state index contributed by atoms with van der Waals surface area (Å²) in [6.07, 6.45) is 5.89. The predicted octanol–water partition coefficient (Wildman–Crippen LogP) is 2.09. The molecule has 0 bridgehead atoms. The second-order valence-electron chi connectivity index (χ2n) is 5.94. The van der Waals surface area contributed by atoms with Crippen LogP contribution in [0.15, 0.2) is 0 Å². The maximum atomic E-state index is 12.0. The van der Waals surface area contributed by atoms with E-state index in [1.807, 2.05) is 20.8 Å². The van der Waals surface area contributed by atoms with Gasteiger partial charge in [-0.2, -0.15) is 0 Å². The first-order chi connectivity index (χ1) is 7.45. The summed E-state index contributed by atoms with van der Waals surface area (Å²) in [7, 11) is 0. The molecule has 0 saturated heterocycles. The predicted molar refractivity (Wildman–Crippen MR) is 65.0 cm³/mol. The first kappa shape index (κ1) is 13.5. The van der Waals surface area contributed by atoms with Crippen molar-refractivity contribution in [3.63, 3.8) is 0 Å². The highest BCUT2D eigenvalue weighted by Gasteiger charge is 2.31. The van der Waals surface area contributed by atoms with Gasteiger partial charge in [-0.05, 0) is 18.3 Å². The van der Waals surface area contributed by atoms with Crippen LogP contribution in [-0.2, 0) is 4.79 Å². The Morgan fingerprint density at radius 3 is 2.31 bits per heavy atom. The van der Waals surface area contributed by atoms with Crippen molar-refractivity contribution in [2.24, 2.45) is 11.3 Å². The Bertz CT molecular complexity index is 227. The van der Waals surface area contributed by atoms with Gasteiger partial charge in [0.25, 0.3) is 0 Å². The number of nitrogens with one attached hydrogen (secondary N) is 1. The highest BCUT2D eigenvalue weighted by molar-refractivity contribution is 5.79. The number of hydrogen-bond acceptors (Lipinski definition) is 2. The fourth-order valence-corrected chi connectivity index (χ4v) is 2.30. The van der Waals surface area contributed by atoms with E-state index < -0.39 is 0 Å². The molecule has 0 aromatic rings. The number of aliphatic hydroxyl groups excluding tert-OH is 1. The van der Waals surface area contributed by atoms with Crippen molar-refractivity contribution in [2.45, 2.75) is 58.9 Å². The van der Waals surface area contributed by atoms with Crippen molar-refractivity contribution < 1.29 is 9.90 Å². The van der Waals surface area contributed by atoms with E-state index in [0.717, 1.165) is 12.8 Å². The highest BCUT2D eigenvalue weighted by atomic mass is 16.3. The Balaban J connectivity index is 2.48. The average Bonchev–Trinajstić information content (AvgIpc) is 2.17. The van der Waals surface area contributed by atoms with Crippen LogP contribution in [-0.4, -0.2) is 23.7 Å². The molecule has 16 heavy (non-hydrogen) atoms. The Labute approximate surface area is 98.6 Å². The van der Waals surface area contributed by atoms with Crippen molar-refractivity contribution in [1.82, 2.24) is 5.32 Å². The molecule has 0 spiro atoms. The van der Waals surface area contributed by atoms with E-state index in [1.54, 1.807) is 0 Å². The third-order valence-corrected chi connectivity index (χ3v) is 3.50. The monoisotopic (exact) mass is 227 g/mol. The molecular formula is C13H25NO2. The fourth-order valence-electron chi connectivity index (χ4n) is 2.30. The maximum absolute atomic E-state index is 12.0. The molecule has 0 aromatic carbocycles. The Hall–Kier alpha value is -0.570. The molecule has 1 saturated carbocycles. The van der Waals surface area contributed by atoms with E-state index in [1.165, 1.54) is 19.3 Å². The molecular weight excluding hydrogens is 202 g/mol. The number of rotatable bonds is 3. The van der Waals surface area contributed by atoms with Gasteiger partial charge in [0.05, 0.1) is 12.5 Å². The Kier molecular flexibility index (Phi) is 4.78. The second-order valence-corrected chi connectivity index (χ2v) is 5.94. The lowest BCUT2D eigenvalue weighted by molar-refractivity contribution is -0.130. The van der Waals surface area contributed by atoms with Crippen LogP contribution in [0.25, 0.3) is 0 Å². The van der Waals surface area contributed by atoms with E-state index in [-0.39, 0.29) is 23.8 Å². The van der Waals surface area contributed by atoms with Gasteiger partial charge < -0.3 is 10.4 Å². The molecule has 3 heteroatoms. The van der Waals surface area contributed by atoms with Gasteiger partial charge in [0.2, 0.25) is 5.91 Å². The summed E-state index contributed by atoms with van der Waals surface area (Å²) in [6.45, 7) is 5.92. The zero-order valence-electron chi connectivity index (χ0n) is 10.8. The van der Waals surface area contributed by atoms with Crippen LogP contribution in [0.4, 0.5) is 0 Å². The smallest absolute Gasteiger partial charge is 0.226 e. The lowest BCUT2D eigenvalue weighted by Gasteiger charge is -2.31. The maximum Gasteiger partial charge on any atom is 0.226 e. The van der Waals surface area contributed by atoms with Crippen LogP contribution in [0.1, 0.15) is 52.9 Å². The largest absolute Gasteiger partial charge is 0.396 e. The minimum Gasteiger partial charge on any atom is -0.396 e. The first-order valence-electron chi connectivity index (χ1n) is 6.36. The number of carbonyl (C=O) groups excluding carboxylic acids is 1. The van der Waals surface area contributed by atoms with Gasteiger partial charge >= 0.3 is 0 Å². The topological polar surface area (TPSA) is 49.3 Å². The molecule has 1 aliphatic carbocycles. The van der Waals surface area contributed by atoms with Crippen LogP contribution >= 0.6 is 0 Å². The summed E-state index contributed by atoms with van der Waals surface area (Å²) < 4.78 is 0. The summed E-state index contributed by atoms with van der Waals surface area (Å²) in [5.74, 6) is -0.281. The number of carbonyl (C=O) groups is 1. The highest BCUT2D eigenvalue weighted by Crippen LogP contribution is 2.26. The van der Waals surface area contributed by atoms with E-state index in [9.17, 15) is 9.90 Å². The average molecular weight is 227 g/mol. The number of amides is 1. The Morgan fingerprint density at radius 1 is 1.31 bits per heavy atom. The van der Waals surface area contributed by atoms with Crippen LogP contribution in [0.3, 0.4) is 0 Å². The minimum atomic E-state index is -0.297. The molecule has 0 aliphatic heterocycles. The van der Waals surface area contributed by atoms with E-state index in [0.29, 0.717) is 6.04 Å². The summed E-state index contributed by atoms with van der Waals surface area (Å²) in [4.78, 5) is 12.0. The summed E-state index contributed by atoms with van der Waals surface area (Å²) in [5.41, 5.74) is -0.173. The van der Waals surface area contributed by atoms with Crippen LogP contribution in [0, 0.1) is 11.3 Å². The fraction of sp³-hybridized carbons (Fsp3) is 0.923. The SMILES string of the molecule is CC(C)(C)C(CO)C(=O)NC1CCCCC1. The standard InChI is InChI=1S/C13H25NO2/c1-13(2,3)11(9-15)12(16)14-10-7-5-4-6-8-10/h10-11,15H,4-9H2,1-3H3,(H,14,16). The molecule has 0 aromatic heterocycles. The van der Waals surface area contributed by atoms with Crippen LogP contribution < -0.4 is 5.32 Å². The molecule has 1 unspecified atom stereocenters. The molecule has 1 atom stereocenters. The third-order valence-electron chi connectivity index (χ3n) is 3.50. The van der Waals surface area contributed by atoms with E-state index >= 15 is 0 Å². The molecule has 1 amide bonds. The first-order valence-corrected chi connectivity index (χ1v) is 6.36.